The third kappa shape index (κ3) is 4.52. The number of amides is 1. The molecule has 1 fully saturated rings. The van der Waals surface area contributed by atoms with Gasteiger partial charge in [0.25, 0.3) is 15.9 Å². The van der Waals surface area contributed by atoms with Gasteiger partial charge in [-0.2, -0.15) is 0 Å². The summed E-state index contributed by atoms with van der Waals surface area (Å²) in [7, 11) is -3.80. The van der Waals surface area contributed by atoms with Crippen LogP contribution in [0.2, 0.25) is 4.34 Å². The minimum atomic E-state index is -3.80. The van der Waals surface area contributed by atoms with Gasteiger partial charge in [-0.1, -0.05) is 23.7 Å². The van der Waals surface area contributed by atoms with Crippen LogP contribution in [-0.4, -0.2) is 33.6 Å². The zero-order valence-electron chi connectivity index (χ0n) is 13.2. The molecule has 2 N–H and O–H groups in total. The second-order valence-corrected chi connectivity index (χ2v) is 9.18. The van der Waals surface area contributed by atoms with E-state index < -0.39 is 10.0 Å². The maximum Gasteiger partial charge on any atom is 0.271 e. The number of nitrogens with one attached hydrogen (secondary N) is 2. The van der Waals surface area contributed by atoms with Crippen molar-refractivity contribution >= 4 is 44.6 Å². The van der Waals surface area contributed by atoms with Crippen LogP contribution in [0.15, 0.2) is 40.6 Å². The first kappa shape index (κ1) is 18.2. The number of carbonyl (C=O) groups excluding carboxylic acids is 1. The molecular weight excluding hydrogens is 384 g/mol. The van der Waals surface area contributed by atoms with Crippen LogP contribution in [0.25, 0.3) is 0 Å². The average Bonchev–Trinajstić information content (AvgIpc) is 3.24. The average molecular weight is 401 g/mol. The highest BCUT2D eigenvalue weighted by Crippen LogP contribution is 2.28. The van der Waals surface area contributed by atoms with Gasteiger partial charge in [0.1, 0.15) is 4.21 Å². The molecule has 3 rings (SSSR count). The molecule has 9 heteroatoms. The summed E-state index contributed by atoms with van der Waals surface area (Å²) in [6.45, 7) is 1.11. The summed E-state index contributed by atoms with van der Waals surface area (Å²) in [6, 6.07) is 9.41. The zero-order chi connectivity index (χ0) is 17.9. The Hall–Kier alpha value is -1.61. The number of anilines is 1. The van der Waals surface area contributed by atoms with E-state index in [0.29, 0.717) is 17.5 Å². The highest BCUT2D eigenvalue weighted by molar-refractivity contribution is 7.94. The number of ether oxygens (including phenoxy) is 1. The lowest BCUT2D eigenvalue weighted by molar-refractivity contribution is 0.0858. The van der Waals surface area contributed by atoms with Crippen molar-refractivity contribution in [2.75, 3.05) is 17.9 Å². The largest absolute Gasteiger partial charge is 0.376 e. The first-order valence-corrected chi connectivity index (χ1v) is 10.4. The summed E-state index contributed by atoms with van der Waals surface area (Å²) in [5.74, 6) is -0.349. The highest BCUT2D eigenvalue weighted by atomic mass is 35.5. The third-order valence-corrected chi connectivity index (χ3v) is 6.83. The van der Waals surface area contributed by atoms with Crippen LogP contribution in [0, 0.1) is 0 Å². The fraction of sp³-hybridized carbons (Fsp3) is 0.312. The van der Waals surface area contributed by atoms with Gasteiger partial charge in [-0.05, 0) is 37.1 Å². The molecule has 2 aromatic rings. The monoisotopic (exact) mass is 400 g/mol. The second kappa shape index (κ2) is 7.74. The van der Waals surface area contributed by atoms with Crippen molar-refractivity contribution in [3.05, 3.63) is 46.3 Å². The second-order valence-electron chi connectivity index (χ2n) is 5.55. The molecule has 25 heavy (non-hydrogen) atoms. The van der Waals surface area contributed by atoms with Crippen molar-refractivity contribution in [3.63, 3.8) is 0 Å². The summed E-state index contributed by atoms with van der Waals surface area (Å²) in [6.07, 6.45) is 1.91. The van der Waals surface area contributed by atoms with Gasteiger partial charge in [0.2, 0.25) is 0 Å². The van der Waals surface area contributed by atoms with Gasteiger partial charge in [0.05, 0.1) is 21.7 Å². The lowest BCUT2D eigenvalue weighted by Crippen LogP contribution is -2.32. The van der Waals surface area contributed by atoms with Crippen LogP contribution in [0.4, 0.5) is 5.69 Å². The van der Waals surface area contributed by atoms with Gasteiger partial charge < -0.3 is 10.1 Å². The van der Waals surface area contributed by atoms with Crippen LogP contribution in [0.1, 0.15) is 23.2 Å². The number of rotatable bonds is 6. The third-order valence-electron chi connectivity index (χ3n) is 3.74. The SMILES string of the molecule is O=C(NC[C@@H]1CCCO1)c1ccccc1NS(=O)(=O)c1ccc(Cl)s1. The topological polar surface area (TPSA) is 84.5 Å². The molecule has 1 amide bonds. The van der Waals surface area contributed by atoms with Gasteiger partial charge in [-0.3, -0.25) is 9.52 Å². The predicted molar refractivity (Wildman–Crippen MR) is 97.9 cm³/mol. The molecule has 6 nitrogen and oxygen atoms in total. The van der Waals surface area contributed by atoms with Crippen molar-refractivity contribution in [2.45, 2.75) is 23.2 Å². The van der Waals surface area contributed by atoms with Crippen molar-refractivity contribution in [3.8, 4) is 0 Å². The highest BCUT2D eigenvalue weighted by Gasteiger charge is 2.21. The van der Waals surface area contributed by atoms with E-state index in [9.17, 15) is 13.2 Å². The summed E-state index contributed by atoms with van der Waals surface area (Å²) >= 11 is 6.76. The number of para-hydroxylation sites is 1. The van der Waals surface area contributed by atoms with Gasteiger partial charge in [-0.15, -0.1) is 11.3 Å². The van der Waals surface area contributed by atoms with E-state index in [1.165, 1.54) is 12.1 Å². The van der Waals surface area contributed by atoms with Crippen molar-refractivity contribution in [1.82, 2.24) is 5.32 Å². The first-order chi connectivity index (χ1) is 12.0. The van der Waals surface area contributed by atoms with Crippen molar-refractivity contribution < 1.29 is 17.9 Å². The smallest absolute Gasteiger partial charge is 0.271 e. The molecule has 0 radical (unpaired) electrons. The van der Waals surface area contributed by atoms with Gasteiger partial charge in [0, 0.05) is 13.2 Å². The molecule has 134 valence electrons. The molecule has 0 bridgehead atoms. The Labute approximate surface area is 155 Å². The molecule has 1 saturated heterocycles. The maximum absolute atomic E-state index is 12.4. The number of benzene rings is 1. The first-order valence-electron chi connectivity index (χ1n) is 7.73. The van der Waals surface area contributed by atoms with E-state index in [4.69, 9.17) is 16.3 Å². The minimum absolute atomic E-state index is 0.0149. The number of hydrogen-bond acceptors (Lipinski definition) is 5. The Morgan fingerprint density at radius 1 is 1.28 bits per heavy atom. The molecule has 0 saturated carbocycles. The molecule has 1 atom stereocenters. The fourth-order valence-electron chi connectivity index (χ4n) is 2.51. The van der Waals surface area contributed by atoms with Crippen molar-refractivity contribution in [2.24, 2.45) is 0 Å². The Kier molecular flexibility index (Phi) is 5.63. The van der Waals surface area contributed by atoms with E-state index in [-0.39, 0.29) is 27.5 Å². The van der Waals surface area contributed by atoms with E-state index in [0.717, 1.165) is 24.2 Å². The van der Waals surface area contributed by atoms with E-state index in [1.54, 1.807) is 24.3 Å². The molecule has 0 spiro atoms. The normalized spacial score (nSPS) is 17.4. The molecule has 1 aliphatic heterocycles. The van der Waals surface area contributed by atoms with Gasteiger partial charge in [0.15, 0.2) is 0 Å². The van der Waals surface area contributed by atoms with E-state index in [1.807, 2.05) is 0 Å². The van der Waals surface area contributed by atoms with E-state index in [2.05, 4.69) is 10.0 Å². The van der Waals surface area contributed by atoms with Gasteiger partial charge >= 0.3 is 0 Å². The number of hydrogen-bond donors (Lipinski definition) is 2. The number of carbonyl (C=O) groups is 1. The fourth-order valence-corrected chi connectivity index (χ4v) is 5.08. The summed E-state index contributed by atoms with van der Waals surface area (Å²) in [5.41, 5.74) is 0.476. The Bertz CT molecular complexity index is 861. The number of halogens is 1. The summed E-state index contributed by atoms with van der Waals surface area (Å²) < 4.78 is 33.3. The van der Waals surface area contributed by atoms with Gasteiger partial charge in [-0.25, -0.2) is 8.42 Å². The van der Waals surface area contributed by atoms with E-state index >= 15 is 0 Å². The molecular formula is C16H17ClN2O4S2. The Balaban J connectivity index is 1.75. The molecule has 1 aliphatic rings. The Morgan fingerprint density at radius 3 is 2.76 bits per heavy atom. The molecule has 1 aromatic heterocycles. The Morgan fingerprint density at radius 2 is 2.08 bits per heavy atom. The standard InChI is InChI=1S/C16H17ClN2O4S2/c17-14-7-8-15(24-14)25(21,22)19-13-6-2-1-5-12(13)16(20)18-10-11-4-3-9-23-11/h1-2,5-8,11,19H,3-4,9-10H2,(H,18,20)/t11-/m0/s1. The van der Waals surface area contributed by atoms with Crippen molar-refractivity contribution in [1.29, 1.82) is 0 Å². The number of sulfonamides is 1. The molecule has 2 heterocycles. The van der Waals surface area contributed by atoms with Crippen LogP contribution < -0.4 is 10.0 Å². The minimum Gasteiger partial charge on any atom is -0.376 e. The quantitative estimate of drug-likeness (QED) is 0.780. The molecule has 0 unspecified atom stereocenters. The van der Waals surface area contributed by atoms with Crippen LogP contribution in [0.3, 0.4) is 0 Å². The lowest BCUT2D eigenvalue weighted by Gasteiger charge is -2.14. The molecule has 1 aromatic carbocycles. The van der Waals surface area contributed by atoms with Crippen LogP contribution in [0.5, 0.6) is 0 Å². The zero-order valence-corrected chi connectivity index (χ0v) is 15.6. The summed E-state index contributed by atoms with van der Waals surface area (Å²) in [5, 5.41) is 2.79. The lowest BCUT2D eigenvalue weighted by atomic mass is 10.1. The van der Waals surface area contributed by atoms with Crippen LogP contribution in [-0.2, 0) is 14.8 Å². The summed E-state index contributed by atoms with van der Waals surface area (Å²) in [4.78, 5) is 12.4. The van der Waals surface area contributed by atoms with Crippen LogP contribution >= 0.6 is 22.9 Å². The number of thiophene rings is 1. The maximum atomic E-state index is 12.4. The predicted octanol–water partition coefficient (Wildman–Crippen LogP) is 3.11. The molecule has 0 aliphatic carbocycles.